The van der Waals surface area contributed by atoms with Gasteiger partial charge >= 0.3 is 0 Å². The van der Waals surface area contributed by atoms with Crippen molar-refractivity contribution in [2.24, 2.45) is 5.92 Å². The lowest BCUT2D eigenvalue weighted by molar-refractivity contribution is -0.135. The van der Waals surface area contributed by atoms with Crippen LogP contribution in [0.25, 0.3) is 22.2 Å². The standard InChI is InChI=1S/C21H20F2N2O2/c1-12(2)21(26)25-9-3-4-18(25)20-24-17-10-13(5-8-19(17)27-20)15-7-6-14(22)11-16(15)23/h5-8,10-12,18H,3-4,9H2,1-2H3. The topological polar surface area (TPSA) is 46.3 Å². The summed E-state index contributed by atoms with van der Waals surface area (Å²) in [5.41, 5.74) is 2.08. The van der Waals surface area contributed by atoms with Crippen molar-refractivity contribution in [3.8, 4) is 11.1 Å². The number of benzene rings is 2. The van der Waals surface area contributed by atoms with Crippen molar-refractivity contribution in [2.75, 3.05) is 6.54 Å². The van der Waals surface area contributed by atoms with Crippen LogP contribution in [-0.2, 0) is 4.79 Å². The Morgan fingerprint density at radius 1 is 1.22 bits per heavy atom. The summed E-state index contributed by atoms with van der Waals surface area (Å²) in [6.07, 6.45) is 1.72. The summed E-state index contributed by atoms with van der Waals surface area (Å²) < 4.78 is 33.1. The Balaban J connectivity index is 1.70. The Morgan fingerprint density at radius 3 is 2.78 bits per heavy atom. The lowest BCUT2D eigenvalue weighted by atomic mass is 10.0. The molecule has 1 amide bonds. The van der Waals surface area contributed by atoms with E-state index >= 15 is 0 Å². The second-order valence-electron chi connectivity index (χ2n) is 7.20. The summed E-state index contributed by atoms with van der Waals surface area (Å²) in [6, 6.07) is 8.51. The van der Waals surface area contributed by atoms with E-state index in [1.807, 2.05) is 18.7 Å². The predicted molar refractivity (Wildman–Crippen MR) is 97.9 cm³/mol. The van der Waals surface area contributed by atoms with Gasteiger partial charge in [-0.3, -0.25) is 4.79 Å². The van der Waals surface area contributed by atoms with Crippen molar-refractivity contribution in [1.29, 1.82) is 0 Å². The fourth-order valence-electron chi connectivity index (χ4n) is 3.60. The van der Waals surface area contributed by atoms with Gasteiger partial charge in [0.15, 0.2) is 5.58 Å². The molecule has 1 saturated heterocycles. The molecule has 0 bridgehead atoms. The molecule has 2 aromatic carbocycles. The maximum absolute atomic E-state index is 14.1. The zero-order valence-electron chi connectivity index (χ0n) is 15.2. The highest BCUT2D eigenvalue weighted by Crippen LogP contribution is 2.35. The number of halogens is 2. The normalized spacial score (nSPS) is 17.2. The van der Waals surface area contributed by atoms with Crippen LogP contribution in [0, 0.1) is 17.6 Å². The summed E-state index contributed by atoms with van der Waals surface area (Å²) in [6.45, 7) is 4.47. The molecule has 3 aromatic rings. The molecule has 1 fully saturated rings. The third-order valence-corrected chi connectivity index (χ3v) is 4.96. The summed E-state index contributed by atoms with van der Waals surface area (Å²) >= 11 is 0. The van der Waals surface area contributed by atoms with E-state index in [0.29, 0.717) is 34.7 Å². The van der Waals surface area contributed by atoms with E-state index in [-0.39, 0.29) is 17.9 Å². The molecule has 1 aliphatic heterocycles. The first kappa shape index (κ1) is 17.6. The highest BCUT2D eigenvalue weighted by molar-refractivity contribution is 5.81. The molecule has 1 unspecified atom stereocenters. The van der Waals surface area contributed by atoms with Gasteiger partial charge < -0.3 is 9.32 Å². The van der Waals surface area contributed by atoms with Crippen LogP contribution >= 0.6 is 0 Å². The van der Waals surface area contributed by atoms with Crippen molar-refractivity contribution in [1.82, 2.24) is 9.88 Å². The zero-order chi connectivity index (χ0) is 19.1. The minimum Gasteiger partial charge on any atom is -0.438 e. The van der Waals surface area contributed by atoms with Crippen LogP contribution in [0.4, 0.5) is 8.78 Å². The maximum Gasteiger partial charge on any atom is 0.225 e. The molecule has 0 N–H and O–H groups in total. The number of rotatable bonds is 3. The zero-order valence-corrected chi connectivity index (χ0v) is 15.2. The number of carbonyl (C=O) groups excluding carboxylic acids is 1. The fourth-order valence-corrected chi connectivity index (χ4v) is 3.60. The number of nitrogens with zero attached hydrogens (tertiary/aromatic N) is 2. The third kappa shape index (κ3) is 3.20. The van der Waals surface area contributed by atoms with Crippen LogP contribution in [-0.4, -0.2) is 22.3 Å². The first-order valence-electron chi connectivity index (χ1n) is 9.10. The first-order valence-corrected chi connectivity index (χ1v) is 9.10. The highest BCUT2D eigenvalue weighted by atomic mass is 19.1. The molecule has 0 aliphatic carbocycles. The van der Waals surface area contributed by atoms with Crippen molar-refractivity contribution in [3.63, 3.8) is 0 Å². The molecule has 0 radical (unpaired) electrons. The van der Waals surface area contributed by atoms with Gasteiger partial charge in [0.2, 0.25) is 11.8 Å². The molecule has 4 nitrogen and oxygen atoms in total. The molecule has 27 heavy (non-hydrogen) atoms. The molecule has 2 heterocycles. The minimum absolute atomic E-state index is 0.0805. The predicted octanol–water partition coefficient (Wildman–Crippen LogP) is 5.09. The quantitative estimate of drug-likeness (QED) is 0.645. The molecular formula is C21H20F2N2O2. The van der Waals surface area contributed by atoms with E-state index in [9.17, 15) is 13.6 Å². The van der Waals surface area contributed by atoms with E-state index in [1.54, 1.807) is 18.2 Å². The maximum atomic E-state index is 14.1. The average Bonchev–Trinajstić information content (AvgIpc) is 3.26. The van der Waals surface area contributed by atoms with Gasteiger partial charge in [-0.2, -0.15) is 0 Å². The smallest absolute Gasteiger partial charge is 0.225 e. The number of amides is 1. The molecule has 1 aliphatic rings. The molecule has 140 valence electrons. The van der Waals surface area contributed by atoms with Gasteiger partial charge in [0.1, 0.15) is 23.2 Å². The fraction of sp³-hybridized carbons (Fsp3) is 0.333. The van der Waals surface area contributed by atoms with Gasteiger partial charge in [-0.05, 0) is 42.7 Å². The Labute approximate surface area is 155 Å². The van der Waals surface area contributed by atoms with Crippen LogP contribution in [0.3, 0.4) is 0 Å². The first-order chi connectivity index (χ1) is 12.9. The number of carbonyl (C=O) groups is 1. The van der Waals surface area contributed by atoms with E-state index in [2.05, 4.69) is 4.98 Å². The van der Waals surface area contributed by atoms with Crippen LogP contribution < -0.4 is 0 Å². The molecule has 1 aromatic heterocycles. The Morgan fingerprint density at radius 2 is 2.04 bits per heavy atom. The molecule has 0 spiro atoms. The van der Waals surface area contributed by atoms with Crippen molar-refractivity contribution >= 4 is 17.0 Å². The molecule has 0 saturated carbocycles. The monoisotopic (exact) mass is 370 g/mol. The lowest BCUT2D eigenvalue weighted by Crippen LogP contribution is -2.33. The molecule has 1 atom stereocenters. The molecule has 6 heteroatoms. The number of fused-ring (bicyclic) bond motifs is 1. The second kappa shape index (κ2) is 6.76. The van der Waals surface area contributed by atoms with Crippen molar-refractivity contribution < 1.29 is 18.0 Å². The minimum atomic E-state index is -0.623. The van der Waals surface area contributed by atoms with E-state index in [1.165, 1.54) is 12.1 Å². The van der Waals surface area contributed by atoms with Gasteiger partial charge in [0.05, 0.1) is 0 Å². The number of hydrogen-bond donors (Lipinski definition) is 0. The molecular weight excluding hydrogens is 350 g/mol. The number of oxazole rings is 1. The highest BCUT2D eigenvalue weighted by Gasteiger charge is 2.34. The Hall–Kier alpha value is -2.76. The lowest BCUT2D eigenvalue weighted by Gasteiger charge is -2.24. The Kier molecular flexibility index (Phi) is 4.42. The van der Waals surface area contributed by atoms with Crippen LogP contribution in [0.5, 0.6) is 0 Å². The van der Waals surface area contributed by atoms with E-state index < -0.39 is 11.6 Å². The van der Waals surface area contributed by atoms with Crippen LogP contribution in [0.2, 0.25) is 0 Å². The molecule has 4 rings (SSSR count). The Bertz CT molecular complexity index is 1010. The van der Waals surface area contributed by atoms with Gasteiger partial charge in [-0.25, -0.2) is 13.8 Å². The van der Waals surface area contributed by atoms with Crippen molar-refractivity contribution in [3.05, 3.63) is 53.9 Å². The van der Waals surface area contributed by atoms with Gasteiger partial charge in [0.25, 0.3) is 0 Å². The SMILES string of the molecule is CC(C)C(=O)N1CCCC1c1nc2cc(-c3ccc(F)cc3F)ccc2o1. The van der Waals surface area contributed by atoms with Gasteiger partial charge in [-0.15, -0.1) is 0 Å². The van der Waals surface area contributed by atoms with Crippen LogP contribution in [0.15, 0.2) is 40.8 Å². The van der Waals surface area contributed by atoms with Gasteiger partial charge in [-0.1, -0.05) is 19.9 Å². The average molecular weight is 370 g/mol. The number of hydrogen-bond acceptors (Lipinski definition) is 3. The number of aromatic nitrogens is 1. The summed E-state index contributed by atoms with van der Waals surface area (Å²) in [4.78, 5) is 18.8. The van der Waals surface area contributed by atoms with E-state index in [0.717, 1.165) is 18.9 Å². The number of likely N-dealkylation sites (tertiary alicyclic amines) is 1. The summed E-state index contributed by atoms with van der Waals surface area (Å²) in [5.74, 6) is -0.718. The third-order valence-electron chi connectivity index (χ3n) is 4.96. The summed E-state index contributed by atoms with van der Waals surface area (Å²) in [5, 5.41) is 0. The summed E-state index contributed by atoms with van der Waals surface area (Å²) in [7, 11) is 0. The van der Waals surface area contributed by atoms with Crippen LogP contribution in [0.1, 0.15) is 38.6 Å². The largest absolute Gasteiger partial charge is 0.438 e. The van der Waals surface area contributed by atoms with Gasteiger partial charge in [0, 0.05) is 24.1 Å². The van der Waals surface area contributed by atoms with Crippen molar-refractivity contribution in [2.45, 2.75) is 32.7 Å². The van der Waals surface area contributed by atoms with E-state index in [4.69, 9.17) is 4.42 Å². The second-order valence-corrected chi connectivity index (χ2v) is 7.20.